The summed E-state index contributed by atoms with van der Waals surface area (Å²) >= 11 is 18.2. The smallest absolute Gasteiger partial charge is 0.276 e. The zero-order chi connectivity index (χ0) is 95.8. The van der Waals surface area contributed by atoms with Crippen molar-refractivity contribution in [1.29, 1.82) is 0 Å². The molecule has 0 saturated heterocycles. The van der Waals surface area contributed by atoms with Gasteiger partial charge < -0.3 is 19.9 Å². The van der Waals surface area contributed by atoms with E-state index in [1.165, 1.54) is 57.2 Å². The molecule has 0 unspecified atom stereocenters. The lowest BCUT2D eigenvalue weighted by Crippen LogP contribution is -2.09. The van der Waals surface area contributed by atoms with E-state index in [2.05, 4.69) is 117 Å². The highest BCUT2D eigenvalue weighted by Gasteiger charge is 2.29. The van der Waals surface area contributed by atoms with E-state index in [9.17, 15) is 32.3 Å². The Bertz CT molecular complexity index is 6890. The van der Waals surface area contributed by atoms with Crippen LogP contribution in [0.4, 0.5) is 13.2 Å². The number of carbonyl (C=O) groups excluding carboxylic acids is 4. The van der Waals surface area contributed by atoms with Crippen LogP contribution in [0.15, 0.2) is 216 Å². The Kier molecular flexibility index (Phi) is 30.8. The van der Waals surface area contributed by atoms with Crippen molar-refractivity contribution in [2.24, 2.45) is 0 Å². The number of halogens is 6. The van der Waals surface area contributed by atoms with Crippen LogP contribution in [-0.2, 0) is 77.0 Å². The van der Waals surface area contributed by atoms with Crippen LogP contribution in [0.25, 0.3) is 68.9 Å². The maximum atomic E-state index is 13.4. The number of H-pyrrole nitrogens is 2. The van der Waals surface area contributed by atoms with Gasteiger partial charge in [0.25, 0.3) is 13.1 Å². The van der Waals surface area contributed by atoms with E-state index in [1.807, 2.05) is 112 Å². The molecule has 8 heterocycles. The van der Waals surface area contributed by atoms with Gasteiger partial charge in [0.2, 0.25) is 23.2 Å². The molecule has 28 heteroatoms. The van der Waals surface area contributed by atoms with E-state index in [1.54, 1.807) is 94.4 Å². The molecule has 8 aromatic heterocycles. The Balaban J connectivity index is 0.000000124. The molecule has 680 valence electrons. The van der Waals surface area contributed by atoms with Crippen LogP contribution in [0.5, 0.6) is 0 Å². The van der Waals surface area contributed by atoms with Gasteiger partial charge in [-0.25, -0.2) is 26.3 Å². The molecule has 0 amide bonds. The number of ketones is 4. The maximum absolute atomic E-state index is 13.4. The van der Waals surface area contributed by atoms with E-state index in [4.69, 9.17) is 58.2 Å². The first-order chi connectivity index (χ1) is 65.7. The van der Waals surface area contributed by atoms with Crippen LogP contribution in [0, 0.1) is 72.1 Å². The standard InChI is InChI=1S/C19H15ClN2O.C19H15FN2O.C18H16ClNO2.C18H16FNO2.C17H14ClN5.C17H14FN5/c2*1-12-7-13(3-4-17(12)20)8-14-9-16-15(19(23)11-21-2)5-6-22-18(16)10-14;2*1-11-6-12(2-3-16(11)19)7-13-8-15-14(18(22)10-21)4-5-20-17(15)9-13;2*1-10-6-11(2-3-15(10)18)7-12-8-14-13(17-20-22-23-21-17)4-5-19-16(14)9-12/h2*3-7,10H,8-9,11H2,1H3;2*2-6,9,21H,7-8,10H2,1H3;2*2-6,9H,7-8H2,1H3,(H,20,21,22,23). The highest BCUT2D eigenvalue weighted by molar-refractivity contribution is 6.32. The van der Waals surface area contributed by atoms with Crippen LogP contribution in [0.2, 0.25) is 15.1 Å². The van der Waals surface area contributed by atoms with E-state index < -0.39 is 13.2 Å². The van der Waals surface area contributed by atoms with Gasteiger partial charge in [-0.2, -0.15) is 10.4 Å². The molecule has 14 aromatic rings. The van der Waals surface area contributed by atoms with Crippen LogP contribution >= 0.6 is 34.8 Å². The number of pyridine rings is 6. The van der Waals surface area contributed by atoms with Crippen LogP contribution in [-0.4, -0.2) is 131 Å². The van der Waals surface area contributed by atoms with Gasteiger partial charge in [0.05, 0.1) is 34.2 Å². The minimum Gasteiger partial charge on any atom is -0.388 e. The quantitative estimate of drug-likeness (QED) is 0.0362. The number of nitrogens with one attached hydrogen (secondary N) is 2. The number of Topliss-reactive ketones (excluding diaryl/α,β-unsaturated/α-hetero) is 4. The number of aliphatic hydroxyl groups is 2. The van der Waals surface area contributed by atoms with Crippen molar-refractivity contribution < 1.29 is 42.6 Å². The number of tetrazole rings is 2. The van der Waals surface area contributed by atoms with Crippen molar-refractivity contribution in [2.45, 2.75) is 119 Å². The molecule has 6 aromatic carbocycles. The predicted molar refractivity (Wildman–Crippen MR) is 520 cm³/mol. The molecule has 0 bridgehead atoms. The van der Waals surface area contributed by atoms with Crippen molar-refractivity contribution in [3.8, 4) is 22.8 Å². The van der Waals surface area contributed by atoms with E-state index >= 15 is 0 Å². The van der Waals surface area contributed by atoms with Gasteiger partial charge in [-0.15, -0.1) is 20.4 Å². The summed E-state index contributed by atoms with van der Waals surface area (Å²) in [6.45, 7) is 23.8. The summed E-state index contributed by atoms with van der Waals surface area (Å²) in [5, 5.41) is 49.0. The first kappa shape index (κ1) is 95.6. The number of aliphatic hydroxyl groups excluding tert-OH is 2. The summed E-state index contributed by atoms with van der Waals surface area (Å²) in [5.74, 6) is -0.214. The number of allylic oxidation sites excluding steroid dienone is 6. The third-order valence-corrected chi connectivity index (χ3v) is 25.3. The molecule has 0 saturated carbocycles. The zero-order valence-electron chi connectivity index (χ0n) is 75.2. The minimum absolute atomic E-state index is 0.109. The predicted octanol–water partition coefficient (Wildman–Crippen LogP) is 20.7. The lowest BCUT2D eigenvalue weighted by atomic mass is 9.98. The van der Waals surface area contributed by atoms with E-state index in [0.29, 0.717) is 89.1 Å². The van der Waals surface area contributed by atoms with E-state index in [-0.39, 0.29) is 53.7 Å². The molecule has 20 rings (SSSR count). The molecule has 0 spiro atoms. The molecule has 0 atom stereocenters. The summed E-state index contributed by atoms with van der Waals surface area (Å²) < 4.78 is 40.1. The average Bonchev–Trinajstić information content (AvgIpc) is 1.66. The number of aromatic amines is 2. The van der Waals surface area contributed by atoms with Gasteiger partial charge in [-0.1, -0.05) is 141 Å². The fraction of sp³-hybridized carbons (Fsp3) is 0.204. The van der Waals surface area contributed by atoms with Crippen molar-refractivity contribution in [1.82, 2.24) is 71.2 Å². The molecule has 4 N–H and O–H groups in total. The Morgan fingerprint density at radius 1 is 0.331 bits per heavy atom. The van der Waals surface area contributed by atoms with Gasteiger partial charge in [0.1, 0.15) is 30.7 Å². The molecule has 22 nitrogen and oxygen atoms in total. The molecule has 6 aliphatic rings. The molecule has 6 aliphatic carbocycles. The lowest BCUT2D eigenvalue weighted by molar-refractivity contribution is 0.0897. The van der Waals surface area contributed by atoms with E-state index in [0.717, 1.165) is 177 Å². The normalized spacial score (nSPS) is 12.8. The second-order valence-electron chi connectivity index (χ2n) is 33.9. The molecule has 0 radical (unpaired) electrons. The number of aromatic nitrogens is 14. The van der Waals surface area contributed by atoms with Crippen molar-refractivity contribution in [3.05, 3.63) is 428 Å². The van der Waals surface area contributed by atoms with Gasteiger partial charge in [0, 0.05) is 85.6 Å². The minimum atomic E-state index is -0.497. The molecule has 136 heavy (non-hydrogen) atoms. The maximum Gasteiger partial charge on any atom is 0.276 e. The summed E-state index contributed by atoms with van der Waals surface area (Å²) in [5.41, 5.74) is 34.6. The number of aryl methyl sites for hydroxylation is 6. The Morgan fingerprint density at radius 2 is 0.566 bits per heavy atom. The van der Waals surface area contributed by atoms with Crippen molar-refractivity contribution in [3.63, 3.8) is 0 Å². The zero-order valence-corrected chi connectivity index (χ0v) is 77.4. The molecular formula is C108H90Cl3F3N16O6. The van der Waals surface area contributed by atoms with Crippen LogP contribution in [0.1, 0.15) is 176 Å². The van der Waals surface area contributed by atoms with Crippen molar-refractivity contribution in [2.75, 3.05) is 26.3 Å². The van der Waals surface area contributed by atoms with Crippen LogP contribution < -0.4 is 0 Å². The summed E-state index contributed by atoms with van der Waals surface area (Å²) in [4.78, 5) is 80.3. The second-order valence-corrected chi connectivity index (χ2v) is 35.1. The number of fused-ring (bicyclic) bond motifs is 6. The first-order valence-corrected chi connectivity index (χ1v) is 44.9. The number of nitrogens with zero attached hydrogens (tertiary/aromatic N) is 14. The highest BCUT2D eigenvalue weighted by atomic mass is 35.5. The summed E-state index contributed by atoms with van der Waals surface area (Å²) in [6, 6.07) is 44.2. The first-order valence-electron chi connectivity index (χ1n) is 43.8. The lowest BCUT2D eigenvalue weighted by Gasteiger charge is -2.07. The number of rotatable bonds is 22. The van der Waals surface area contributed by atoms with Gasteiger partial charge >= 0.3 is 0 Å². The fourth-order valence-electron chi connectivity index (χ4n) is 17.4. The number of hydrogen-bond donors (Lipinski definition) is 4. The third kappa shape index (κ3) is 23.3. The topological polar surface area (TPSA) is 304 Å². The van der Waals surface area contributed by atoms with Crippen LogP contribution in [0.3, 0.4) is 0 Å². The fourth-order valence-corrected chi connectivity index (χ4v) is 17.7. The summed E-state index contributed by atoms with van der Waals surface area (Å²) in [6.07, 6.45) is 31.3. The SMILES string of the molecule is Cc1cc(CC2=Cc3nccc(-c4nn[nH]n4)c3C2)ccc1Cl.Cc1cc(CC2=Cc3nccc(-c4nn[nH]n4)c3C2)ccc1F.Cc1cc(CC2=Cc3nccc(C(=O)CO)c3C2)ccc1Cl.Cc1cc(CC2=Cc3nccc(C(=O)CO)c3C2)ccc1F.[C-]#[N+]CC(=O)c1ccnc2c1CC(Cc1ccc(Cl)c(C)c1)=C2.[C-]#[N+]CC(=O)c1ccnc2c1CC(Cc1ccc(F)c(C)c1)=C2. The molecule has 0 aliphatic heterocycles. The Hall–Kier alpha value is -15.0. The number of benzene rings is 6. The van der Waals surface area contributed by atoms with Gasteiger partial charge in [-0.05, 0) is 338 Å². The Morgan fingerprint density at radius 3 is 0.801 bits per heavy atom. The monoisotopic (exact) mass is 1870 g/mol. The number of carbonyl (C=O) groups is 4. The highest BCUT2D eigenvalue weighted by Crippen LogP contribution is 2.39. The average molecular weight is 1870 g/mol. The molecule has 0 fully saturated rings. The Labute approximate surface area is 798 Å². The number of hydrogen-bond acceptors (Lipinski definition) is 18. The van der Waals surface area contributed by atoms with Gasteiger partial charge in [0.15, 0.2) is 11.6 Å². The molecular weight excluding hydrogens is 1780 g/mol. The summed E-state index contributed by atoms with van der Waals surface area (Å²) in [7, 11) is 0. The van der Waals surface area contributed by atoms with Gasteiger partial charge in [-0.3, -0.25) is 49.1 Å². The largest absolute Gasteiger partial charge is 0.388 e. The third-order valence-electron chi connectivity index (χ3n) is 24.0. The van der Waals surface area contributed by atoms with Crippen molar-refractivity contribution >= 4 is 94.4 Å². The second kappa shape index (κ2) is 43.8.